The molecule has 8 nitrogen and oxygen atoms in total. The van der Waals surface area contributed by atoms with Gasteiger partial charge in [0.25, 0.3) is 5.56 Å². The Morgan fingerprint density at radius 3 is 2.71 bits per heavy atom. The quantitative estimate of drug-likeness (QED) is 0.672. The lowest BCUT2D eigenvalue weighted by molar-refractivity contribution is -0.122. The highest BCUT2D eigenvalue weighted by Crippen LogP contribution is 2.23. The number of nitrogens with zero attached hydrogens (tertiary/aromatic N) is 3. The number of carbonyl (C=O) groups is 1. The molecule has 0 saturated carbocycles. The molecule has 8 heteroatoms. The minimum Gasteiger partial charge on any atom is -0.497 e. The number of amides is 1. The molecule has 0 spiro atoms. The second-order valence-electron chi connectivity index (χ2n) is 8.47. The molecule has 1 fully saturated rings. The second kappa shape index (κ2) is 10.4. The molecule has 1 amide bonds. The number of carbonyl (C=O) groups excluding carboxylic acids is 1. The van der Waals surface area contributed by atoms with Crippen LogP contribution in [-0.2, 0) is 11.3 Å². The van der Waals surface area contributed by atoms with Crippen LogP contribution in [0.25, 0.3) is 11.3 Å². The van der Waals surface area contributed by atoms with Crippen molar-refractivity contribution in [2.75, 3.05) is 39.1 Å². The number of ether oxygens (including phenoxy) is 1. The molecule has 2 heterocycles. The molecule has 2 N–H and O–H groups in total. The van der Waals surface area contributed by atoms with Crippen LogP contribution in [0.15, 0.2) is 35.3 Å². The normalized spacial score (nSPS) is 15.1. The summed E-state index contributed by atoms with van der Waals surface area (Å²) in [5.74, 6) is 1.25. The van der Waals surface area contributed by atoms with Crippen LogP contribution in [-0.4, -0.2) is 60.2 Å². The van der Waals surface area contributed by atoms with E-state index < -0.39 is 0 Å². The number of hydrogen-bond donors (Lipinski definition) is 2. The van der Waals surface area contributed by atoms with E-state index in [2.05, 4.69) is 27.6 Å². The number of piperidine rings is 1. The first-order chi connectivity index (χ1) is 14.9. The van der Waals surface area contributed by atoms with Crippen LogP contribution < -0.4 is 20.9 Å². The van der Waals surface area contributed by atoms with E-state index in [9.17, 15) is 9.59 Å². The van der Waals surface area contributed by atoms with Crippen molar-refractivity contribution in [3.05, 3.63) is 40.8 Å². The van der Waals surface area contributed by atoms with Crippen molar-refractivity contribution in [3.8, 4) is 17.0 Å². The van der Waals surface area contributed by atoms with Crippen LogP contribution in [0.1, 0.15) is 26.7 Å². The molecule has 168 valence electrons. The maximum absolute atomic E-state index is 13.3. The summed E-state index contributed by atoms with van der Waals surface area (Å²) in [5, 5.41) is 6.09. The second-order valence-corrected chi connectivity index (χ2v) is 8.47. The third-order valence-electron chi connectivity index (χ3n) is 5.57. The molecule has 1 aliphatic rings. The van der Waals surface area contributed by atoms with Gasteiger partial charge < -0.3 is 20.3 Å². The van der Waals surface area contributed by atoms with E-state index in [1.807, 2.05) is 38.1 Å². The number of nitrogens with one attached hydrogen (secondary N) is 2. The fourth-order valence-corrected chi connectivity index (χ4v) is 3.80. The van der Waals surface area contributed by atoms with Crippen molar-refractivity contribution in [1.29, 1.82) is 0 Å². The predicted molar refractivity (Wildman–Crippen MR) is 122 cm³/mol. The Kier molecular flexibility index (Phi) is 7.68. The first-order valence-electron chi connectivity index (χ1n) is 10.8. The van der Waals surface area contributed by atoms with Gasteiger partial charge in [0, 0.05) is 18.2 Å². The van der Waals surface area contributed by atoms with Crippen molar-refractivity contribution >= 4 is 11.7 Å². The zero-order chi connectivity index (χ0) is 22.4. The van der Waals surface area contributed by atoms with Gasteiger partial charge in [0.15, 0.2) is 5.82 Å². The zero-order valence-corrected chi connectivity index (χ0v) is 18.9. The molecule has 1 aliphatic heterocycles. The van der Waals surface area contributed by atoms with E-state index in [-0.39, 0.29) is 29.9 Å². The van der Waals surface area contributed by atoms with E-state index in [1.165, 1.54) is 4.57 Å². The molecule has 1 saturated heterocycles. The highest BCUT2D eigenvalue weighted by Gasteiger charge is 2.19. The Balaban J connectivity index is 1.88. The van der Waals surface area contributed by atoms with Crippen molar-refractivity contribution in [2.24, 2.45) is 5.92 Å². The van der Waals surface area contributed by atoms with Gasteiger partial charge in [-0.1, -0.05) is 12.1 Å². The largest absolute Gasteiger partial charge is 0.497 e. The Morgan fingerprint density at radius 2 is 2.03 bits per heavy atom. The number of rotatable bonds is 8. The van der Waals surface area contributed by atoms with Crippen LogP contribution in [0, 0.1) is 5.92 Å². The summed E-state index contributed by atoms with van der Waals surface area (Å²) in [7, 11) is 3.72. The summed E-state index contributed by atoms with van der Waals surface area (Å²) < 4.78 is 6.80. The minimum absolute atomic E-state index is 0.00710. The monoisotopic (exact) mass is 427 g/mol. The number of methoxy groups -OCH3 is 1. The fourth-order valence-electron chi connectivity index (χ4n) is 3.80. The van der Waals surface area contributed by atoms with Gasteiger partial charge in [0.2, 0.25) is 5.91 Å². The molecule has 31 heavy (non-hydrogen) atoms. The Hall–Kier alpha value is -2.87. The average molecular weight is 428 g/mol. The van der Waals surface area contributed by atoms with Gasteiger partial charge in [0.05, 0.1) is 19.0 Å². The molecule has 0 unspecified atom stereocenters. The highest BCUT2D eigenvalue weighted by atomic mass is 16.5. The van der Waals surface area contributed by atoms with Crippen LogP contribution in [0.3, 0.4) is 0 Å². The van der Waals surface area contributed by atoms with Gasteiger partial charge in [-0.05, 0) is 64.9 Å². The van der Waals surface area contributed by atoms with E-state index in [0.29, 0.717) is 23.9 Å². The third-order valence-corrected chi connectivity index (χ3v) is 5.57. The molecular weight excluding hydrogens is 394 g/mol. The van der Waals surface area contributed by atoms with Crippen LogP contribution in [0.4, 0.5) is 5.82 Å². The summed E-state index contributed by atoms with van der Waals surface area (Å²) >= 11 is 0. The molecule has 0 bridgehead atoms. The van der Waals surface area contributed by atoms with Crippen LogP contribution in [0.2, 0.25) is 0 Å². The number of aromatic nitrogens is 2. The van der Waals surface area contributed by atoms with Gasteiger partial charge in [0.1, 0.15) is 12.3 Å². The SMILES string of the molecule is COc1cccc(-c2cnc(NCC3CCN(C)CC3)c(=O)n2CC(=O)NC(C)C)c1. The van der Waals surface area contributed by atoms with Gasteiger partial charge in [-0.3, -0.25) is 14.2 Å². The third kappa shape index (κ3) is 6.07. The van der Waals surface area contributed by atoms with Crippen molar-refractivity contribution in [3.63, 3.8) is 0 Å². The maximum Gasteiger partial charge on any atom is 0.294 e. The molecular formula is C23H33N5O3. The number of benzene rings is 1. The molecule has 3 rings (SSSR count). The fraction of sp³-hybridized carbons (Fsp3) is 0.522. The molecule has 2 aromatic rings. The zero-order valence-electron chi connectivity index (χ0n) is 18.9. The minimum atomic E-state index is -0.299. The Morgan fingerprint density at radius 1 is 1.29 bits per heavy atom. The molecule has 0 atom stereocenters. The van der Waals surface area contributed by atoms with E-state index in [4.69, 9.17) is 4.74 Å². The Labute approximate surface area is 183 Å². The summed E-state index contributed by atoms with van der Waals surface area (Å²) in [5.41, 5.74) is 1.04. The molecule has 0 aliphatic carbocycles. The lowest BCUT2D eigenvalue weighted by Crippen LogP contribution is -2.38. The van der Waals surface area contributed by atoms with E-state index in [1.54, 1.807) is 13.3 Å². The van der Waals surface area contributed by atoms with Crippen molar-refractivity contribution in [2.45, 2.75) is 39.3 Å². The Bertz CT molecular complexity index is 948. The standard InChI is InChI=1S/C23H33N5O3/c1-16(2)26-21(29)15-28-20(18-6-5-7-19(12-18)31-4)14-25-22(23(28)30)24-13-17-8-10-27(3)11-9-17/h5-7,12,14,16-17H,8-11,13,15H2,1-4H3,(H,24,25)(H,26,29). The van der Waals surface area contributed by atoms with Gasteiger partial charge >= 0.3 is 0 Å². The average Bonchev–Trinajstić information content (AvgIpc) is 2.75. The topological polar surface area (TPSA) is 88.5 Å². The van der Waals surface area contributed by atoms with Gasteiger partial charge in [-0.15, -0.1) is 0 Å². The first kappa shape index (κ1) is 22.8. The summed E-state index contributed by atoms with van der Waals surface area (Å²) in [6.45, 7) is 6.54. The molecule has 1 aromatic carbocycles. The van der Waals surface area contributed by atoms with Crippen LogP contribution in [0.5, 0.6) is 5.75 Å². The number of likely N-dealkylation sites (tertiary alicyclic amines) is 1. The van der Waals surface area contributed by atoms with Crippen LogP contribution >= 0.6 is 0 Å². The van der Waals surface area contributed by atoms with E-state index >= 15 is 0 Å². The lowest BCUT2D eigenvalue weighted by Gasteiger charge is -2.29. The number of hydrogen-bond acceptors (Lipinski definition) is 6. The van der Waals surface area contributed by atoms with Crippen molar-refractivity contribution in [1.82, 2.24) is 19.8 Å². The highest BCUT2D eigenvalue weighted by molar-refractivity contribution is 5.77. The lowest BCUT2D eigenvalue weighted by atomic mass is 9.97. The predicted octanol–water partition coefficient (Wildman–Crippen LogP) is 2.20. The summed E-state index contributed by atoms with van der Waals surface area (Å²) in [6.07, 6.45) is 3.84. The van der Waals surface area contributed by atoms with Gasteiger partial charge in [-0.2, -0.15) is 0 Å². The molecule has 0 radical (unpaired) electrons. The summed E-state index contributed by atoms with van der Waals surface area (Å²) in [6, 6.07) is 7.39. The smallest absolute Gasteiger partial charge is 0.294 e. The number of anilines is 1. The van der Waals surface area contributed by atoms with Crippen molar-refractivity contribution < 1.29 is 9.53 Å². The van der Waals surface area contributed by atoms with E-state index in [0.717, 1.165) is 31.5 Å². The first-order valence-corrected chi connectivity index (χ1v) is 10.8. The maximum atomic E-state index is 13.3. The van der Waals surface area contributed by atoms with Gasteiger partial charge in [-0.25, -0.2) is 4.98 Å². The summed E-state index contributed by atoms with van der Waals surface area (Å²) in [4.78, 5) is 32.5. The molecule has 1 aromatic heterocycles.